The van der Waals surface area contributed by atoms with Gasteiger partial charge in [-0.3, -0.25) is 14.2 Å². The van der Waals surface area contributed by atoms with Gasteiger partial charge in [0.1, 0.15) is 10.8 Å². The summed E-state index contributed by atoms with van der Waals surface area (Å²) in [6, 6.07) is 5.98. The van der Waals surface area contributed by atoms with Gasteiger partial charge in [0, 0.05) is 17.0 Å². The van der Waals surface area contributed by atoms with E-state index in [-0.39, 0.29) is 17.5 Å². The molecule has 2 heterocycles. The average molecular weight is 472 g/mol. The van der Waals surface area contributed by atoms with Gasteiger partial charge in [0.2, 0.25) is 5.91 Å². The Balaban J connectivity index is 1.49. The number of halogens is 1. The molecule has 0 aliphatic heterocycles. The Hall–Kier alpha value is -2.98. The van der Waals surface area contributed by atoms with Crippen LogP contribution < -0.4 is 11.1 Å². The molecule has 10 heteroatoms. The zero-order valence-electron chi connectivity index (χ0n) is 17.3. The fourth-order valence-corrected chi connectivity index (χ4v) is 5.77. The molecule has 1 aliphatic carbocycles. The molecule has 7 nitrogen and oxygen atoms in total. The second-order valence-corrected chi connectivity index (χ2v) is 9.38. The average Bonchev–Trinajstić information content (AvgIpc) is 3.34. The number of aryl methyl sites for hydroxylation is 1. The molecule has 2 aromatic heterocycles. The summed E-state index contributed by atoms with van der Waals surface area (Å²) in [5.41, 5.74) is 7.74. The van der Waals surface area contributed by atoms with Crippen LogP contribution in [0.1, 0.15) is 33.6 Å². The number of fused-ring (bicyclic) bond motifs is 1. The number of amides is 2. The zero-order chi connectivity index (χ0) is 22.7. The van der Waals surface area contributed by atoms with E-state index in [1.807, 2.05) is 4.57 Å². The van der Waals surface area contributed by atoms with E-state index >= 15 is 0 Å². The molecular weight excluding hydrogens is 449 g/mol. The molecule has 3 aromatic rings. The van der Waals surface area contributed by atoms with Gasteiger partial charge in [0.25, 0.3) is 5.91 Å². The topological polar surface area (TPSA) is 103 Å². The number of rotatable bonds is 8. The maximum Gasteiger partial charge on any atom is 0.251 e. The molecule has 0 unspecified atom stereocenters. The third-order valence-corrected chi connectivity index (χ3v) is 7.31. The van der Waals surface area contributed by atoms with Crippen LogP contribution in [0.3, 0.4) is 0 Å². The van der Waals surface area contributed by atoms with E-state index in [0.717, 1.165) is 36.1 Å². The van der Waals surface area contributed by atoms with Crippen LogP contribution in [0.4, 0.5) is 9.39 Å². The highest BCUT2D eigenvalue weighted by atomic mass is 32.2. The van der Waals surface area contributed by atoms with Crippen molar-refractivity contribution in [2.75, 3.05) is 11.1 Å². The number of nitrogens with one attached hydrogen (secondary N) is 1. The minimum Gasteiger partial charge on any atom is -0.365 e. The quantitative estimate of drug-likeness (QED) is 0.381. The monoisotopic (exact) mass is 471 g/mol. The number of nitrogens with two attached hydrogens (primary N) is 1. The van der Waals surface area contributed by atoms with Crippen LogP contribution in [-0.2, 0) is 24.2 Å². The first-order valence-corrected chi connectivity index (χ1v) is 11.9. The fraction of sp³-hybridized carbons (Fsp3) is 0.273. The summed E-state index contributed by atoms with van der Waals surface area (Å²) in [6.45, 7) is 4.20. The van der Waals surface area contributed by atoms with Crippen LogP contribution in [0.2, 0.25) is 0 Å². The van der Waals surface area contributed by atoms with E-state index in [1.54, 1.807) is 18.2 Å². The number of carbonyl (C=O) groups is 2. The normalized spacial score (nSPS) is 12.9. The first-order valence-electron chi connectivity index (χ1n) is 10.1. The third kappa shape index (κ3) is 4.61. The number of thioether (sulfide) groups is 1. The molecule has 0 fully saturated rings. The van der Waals surface area contributed by atoms with Crippen LogP contribution in [0.25, 0.3) is 11.4 Å². The van der Waals surface area contributed by atoms with E-state index in [2.05, 4.69) is 22.1 Å². The van der Waals surface area contributed by atoms with E-state index in [4.69, 9.17) is 5.73 Å². The lowest BCUT2D eigenvalue weighted by molar-refractivity contribution is -0.113. The lowest BCUT2D eigenvalue weighted by Crippen LogP contribution is -2.19. The lowest BCUT2D eigenvalue weighted by Gasteiger charge is -2.11. The molecule has 32 heavy (non-hydrogen) atoms. The van der Waals surface area contributed by atoms with Crippen LogP contribution in [0, 0.1) is 5.82 Å². The fourth-order valence-electron chi connectivity index (χ4n) is 3.71. The molecule has 0 bridgehead atoms. The van der Waals surface area contributed by atoms with E-state index in [1.165, 1.54) is 35.2 Å². The molecule has 0 saturated carbocycles. The SMILES string of the molecule is C=CCn1c(SCC(=O)Nc2sc3c(c2C(N)=O)CCCC3)nnc1-c1ccc(F)cc1. The predicted molar refractivity (Wildman–Crippen MR) is 124 cm³/mol. The minimum absolute atomic E-state index is 0.0828. The van der Waals surface area contributed by atoms with E-state index in [0.29, 0.717) is 33.7 Å². The second-order valence-electron chi connectivity index (χ2n) is 7.33. The van der Waals surface area contributed by atoms with Gasteiger partial charge in [-0.15, -0.1) is 28.1 Å². The molecule has 0 spiro atoms. The van der Waals surface area contributed by atoms with E-state index < -0.39 is 5.91 Å². The summed E-state index contributed by atoms with van der Waals surface area (Å²) in [6.07, 6.45) is 5.51. The van der Waals surface area contributed by atoms with Crippen molar-refractivity contribution in [1.29, 1.82) is 0 Å². The summed E-state index contributed by atoms with van der Waals surface area (Å²) in [5, 5.41) is 12.3. The number of thiophene rings is 1. The maximum atomic E-state index is 13.3. The van der Waals surface area contributed by atoms with Crippen molar-refractivity contribution in [3.8, 4) is 11.4 Å². The first-order chi connectivity index (χ1) is 15.5. The molecule has 2 amide bonds. The van der Waals surface area contributed by atoms with Gasteiger partial charge in [0.05, 0.1) is 11.3 Å². The van der Waals surface area contributed by atoms with Crippen molar-refractivity contribution in [2.45, 2.75) is 37.4 Å². The number of carbonyl (C=O) groups excluding carboxylic acids is 2. The highest BCUT2D eigenvalue weighted by molar-refractivity contribution is 7.99. The summed E-state index contributed by atoms with van der Waals surface area (Å²) in [4.78, 5) is 25.8. The zero-order valence-corrected chi connectivity index (χ0v) is 18.9. The van der Waals surface area contributed by atoms with Crippen molar-refractivity contribution in [1.82, 2.24) is 14.8 Å². The van der Waals surface area contributed by atoms with Crippen LogP contribution >= 0.6 is 23.1 Å². The Morgan fingerprint density at radius 2 is 2.00 bits per heavy atom. The van der Waals surface area contributed by atoms with Crippen molar-refractivity contribution in [2.24, 2.45) is 5.73 Å². The summed E-state index contributed by atoms with van der Waals surface area (Å²) >= 11 is 2.66. The largest absolute Gasteiger partial charge is 0.365 e. The summed E-state index contributed by atoms with van der Waals surface area (Å²) in [7, 11) is 0. The molecule has 3 N–H and O–H groups in total. The Bertz CT molecular complexity index is 1170. The highest BCUT2D eigenvalue weighted by Crippen LogP contribution is 2.38. The van der Waals surface area contributed by atoms with Gasteiger partial charge >= 0.3 is 0 Å². The van der Waals surface area contributed by atoms with Crippen molar-refractivity contribution < 1.29 is 14.0 Å². The smallest absolute Gasteiger partial charge is 0.251 e. The highest BCUT2D eigenvalue weighted by Gasteiger charge is 2.25. The molecule has 0 saturated heterocycles. The molecular formula is C22H22FN5O2S2. The van der Waals surface area contributed by atoms with Gasteiger partial charge in [0.15, 0.2) is 11.0 Å². The van der Waals surface area contributed by atoms with Gasteiger partial charge in [-0.1, -0.05) is 17.8 Å². The number of anilines is 1. The second kappa shape index (κ2) is 9.66. The predicted octanol–water partition coefficient (Wildman–Crippen LogP) is 4.04. The van der Waals surface area contributed by atoms with Crippen LogP contribution in [0.5, 0.6) is 0 Å². The van der Waals surface area contributed by atoms with Crippen LogP contribution in [-0.4, -0.2) is 32.3 Å². The maximum absolute atomic E-state index is 13.3. The van der Waals surface area contributed by atoms with Gasteiger partial charge in [-0.2, -0.15) is 0 Å². The number of hydrogen-bond acceptors (Lipinski definition) is 6. The van der Waals surface area contributed by atoms with Gasteiger partial charge < -0.3 is 11.1 Å². The molecule has 4 rings (SSSR count). The lowest BCUT2D eigenvalue weighted by atomic mass is 9.95. The number of hydrogen-bond donors (Lipinski definition) is 2. The molecule has 166 valence electrons. The summed E-state index contributed by atoms with van der Waals surface area (Å²) < 4.78 is 15.1. The number of primary amides is 1. The van der Waals surface area contributed by atoms with Crippen molar-refractivity contribution in [3.63, 3.8) is 0 Å². The Morgan fingerprint density at radius 3 is 2.72 bits per heavy atom. The Morgan fingerprint density at radius 1 is 1.25 bits per heavy atom. The van der Waals surface area contributed by atoms with Crippen molar-refractivity contribution >= 4 is 39.9 Å². The number of aromatic nitrogens is 3. The van der Waals surface area contributed by atoms with Crippen molar-refractivity contribution in [3.05, 3.63) is 58.7 Å². The minimum atomic E-state index is -0.512. The van der Waals surface area contributed by atoms with Crippen LogP contribution in [0.15, 0.2) is 42.1 Å². The number of allylic oxidation sites excluding steroid dienone is 1. The van der Waals surface area contributed by atoms with E-state index in [9.17, 15) is 14.0 Å². The summed E-state index contributed by atoms with van der Waals surface area (Å²) in [5.74, 6) is -0.454. The Kier molecular flexibility index (Phi) is 6.71. The van der Waals surface area contributed by atoms with Gasteiger partial charge in [-0.25, -0.2) is 4.39 Å². The third-order valence-electron chi connectivity index (χ3n) is 5.13. The molecule has 0 radical (unpaired) electrons. The standard InChI is InChI=1S/C22H22FN5O2S2/c1-2-11-28-20(13-7-9-14(23)10-8-13)26-27-22(28)31-12-17(29)25-21-18(19(24)30)15-5-3-4-6-16(15)32-21/h2,7-10H,1,3-6,11-12H2,(H2,24,30)(H,25,29). The first kappa shape index (κ1) is 22.2. The Labute approximate surface area is 192 Å². The van der Waals surface area contributed by atoms with Gasteiger partial charge in [-0.05, 0) is 55.5 Å². The number of nitrogens with zero attached hydrogens (tertiary/aromatic N) is 3. The number of benzene rings is 1. The molecule has 0 atom stereocenters. The molecule has 1 aromatic carbocycles. The molecule has 1 aliphatic rings.